The molecule has 14 heteroatoms. The van der Waals surface area contributed by atoms with Crippen molar-refractivity contribution >= 4 is 51.1 Å². The monoisotopic (exact) mass is 604 g/mol. The molecule has 0 aliphatic rings. The van der Waals surface area contributed by atoms with Gasteiger partial charge in [-0.1, -0.05) is 0 Å². The Hall–Kier alpha value is -3.87. The Bertz CT molecular complexity index is 1310. The lowest BCUT2D eigenvalue weighted by atomic mass is 10.3. The van der Waals surface area contributed by atoms with Crippen LogP contribution in [-0.4, -0.2) is 89.8 Å². The maximum Gasteiger partial charge on any atom is 0.321 e. The summed E-state index contributed by atoms with van der Waals surface area (Å²) in [6.45, 7) is -4.67. The van der Waals surface area contributed by atoms with Gasteiger partial charge in [-0.15, -0.1) is 9.21 Å². The second kappa shape index (κ2) is 12.8. The van der Waals surface area contributed by atoms with E-state index in [1.54, 1.807) is 115 Å². The van der Waals surface area contributed by atoms with Gasteiger partial charge in [0.25, 0.3) is 6.72 Å². The van der Waals surface area contributed by atoms with Crippen LogP contribution >= 0.6 is 6.72 Å². The number of hydrogen-bond acceptors (Lipinski definition) is 3. The van der Waals surface area contributed by atoms with Gasteiger partial charge in [0.1, 0.15) is 0 Å². The summed E-state index contributed by atoms with van der Waals surface area (Å²) in [7, 11) is 6.10. The van der Waals surface area contributed by atoms with Gasteiger partial charge in [-0.2, -0.15) is 0 Å². The molecule has 0 atom stereocenters. The molecule has 222 valence electrons. The number of hydrogen-bond donors (Lipinski definition) is 7. The van der Waals surface area contributed by atoms with Crippen LogP contribution in [0.4, 0.5) is 31.4 Å². The molecule has 0 spiro atoms. The van der Waals surface area contributed by atoms with E-state index in [4.69, 9.17) is 0 Å². The fourth-order valence-electron chi connectivity index (χ4n) is 3.90. The van der Waals surface area contributed by atoms with Crippen LogP contribution in [0.2, 0.25) is 0 Å². The van der Waals surface area contributed by atoms with E-state index in [1.165, 1.54) is 14.7 Å². The lowest BCUT2D eigenvalue weighted by molar-refractivity contribution is 0.230. The quantitative estimate of drug-likeness (QED) is 0.167. The van der Waals surface area contributed by atoms with Crippen LogP contribution < -0.4 is 16.0 Å². The predicted octanol–water partition coefficient (Wildman–Crippen LogP) is 3.99. The summed E-state index contributed by atoms with van der Waals surface area (Å²) in [5, 5.41) is 8.22. The molecule has 0 saturated heterocycles. The van der Waals surface area contributed by atoms with Crippen molar-refractivity contribution in [1.82, 2.24) is 14.7 Å². The van der Waals surface area contributed by atoms with Crippen LogP contribution in [-0.2, 0) is 9.21 Å². The number of amides is 6. The maximum atomic E-state index is 12.1. The molecule has 0 aromatic heterocycles. The van der Waals surface area contributed by atoms with Crippen LogP contribution in [0.3, 0.4) is 0 Å². The van der Waals surface area contributed by atoms with Crippen molar-refractivity contribution in [3.05, 3.63) is 72.8 Å². The standard InChI is InChI=1S/C27H37N6O6PS/c1-31(2)25(34)28-19-7-13-22(14-8-19)41(40(37,38)39,23-15-9-20(10-16-23)29-26(35)32(3)4)24-17-11-21(12-18-24)30-27(36)33(5)6/h7-18,37-39,41H,1-6H3,(H,28,34)(H,29,35)(H,30,36). The highest BCUT2D eigenvalue weighted by Crippen LogP contribution is 2.57. The zero-order chi connectivity index (χ0) is 30.5. The Morgan fingerprint density at radius 3 is 0.902 bits per heavy atom. The molecule has 41 heavy (non-hydrogen) atoms. The fourth-order valence-corrected chi connectivity index (χ4v) is 11.5. The molecule has 0 radical (unpaired) electrons. The third kappa shape index (κ3) is 7.07. The third-order valence-electron chi connectivity index (χ3n) is 6.10. The minimum Gasteiger partial charge on any atom is -0.331 e. The number of urea groups is 3. The van der Waals surface area contributed by atoms with Crippen LogP contribution in [0.25, 0.3) is 0 Å². The Kier molecular flexibility index (Phi) is 9.85. The van der Waals surface area contributed by atoms with E-state index in [2.05, 4.69) is 16.0 Å². The molecule has 3 aromatic carbocycles. The van der Waals surface area contributed by atoms with E-state index in [0.29, 0.717) is 31.7 Å². The molecule has 6 N–H and O–H groups in total. The van der Waals surface area contributed by atoms with Gasteiger partial charge < -0.3 is 45.3 Å². The highest BCUT2D eigenvalue weighted by atomic mass is 32.6. The molecule has 0 fully saturated rings. The summed E-state index contributed by atoms with van der Waals surface area (Å²) in [4.78, 5) is 75.5. The zero-order valence-electron chi connectivity index (χ0n) is 23.7. The largest absolute Gasteiger partial charge is 0.331 e. The van der Waals surface area contributed by atoms with E-state index in [0.717, 1.165) is 0 Å². The molecule has 0 bridgehead atoms. The molecular formula is C27H37N6O6PS. The van der Waals surface area contributed by atoms with Gasteiger partial charge in [0.15, 0.2) is 0 Å². The minimum atomic E-state index is -4.67. The van der Waals surface area contributed by atoms with Crippen LogP contribution in [0.5, 0.6) is 0 Å². The Balaban J connectivity index is 2.22. The van der Waals surface area contributed by atoms with Crippen LogP contribution in [0, 0.1) is 0 Å². The van der Waals surface area contributed by atoms with Crippen molar-refractivity contribution in [1.29, 1.82) is 0 Å². The first-order valence-electron chi connectivity index (χ1n) is 12.4. The van der Waals surface area contributed by atoms with Gasteiger partial charge in [0.05, 0.1) is 0 Å². The van der Waals surface area contributed by atoms with Gasteiger partial charge >= 0.3 is 18.1 Å². The maximum absolute atomic E-state index is 12.1. The molecule has 6 amide bonds. The number of rotatable bonds is 6. The average molecular weight is 605 g/mol. The predicted molar refractivity (Wildman–Crippen MR) is 165 cm³/mol. The molecule has 0 unspecified atom stereocenters. The van der Waals surface area contributed by atoms with Crippen LogP contribution in [0.15, 0.2) is 87.5 Å². The van der Waals surface area contributed by atoms with E-state index >= 15 is 0 Å². The second-order valence-electron chi connectivity index (χ2n) is 9.79. The molecule has 0 aliphatic carbocycles. The summed E-state index contributed by atoms with van der Waals surface area (Å²) in [6, 6.07) is 18.6. The zero-order valence-corrected chi connectivity index (χ0v) is 25.5. The van der Waals surface area contributed by atoms with Crippen molar-refractivity contribution in [2.45, 2.75) is 14.7 Å². The smallest absolute Gasteiger partial charge is 0.321 e. The fraction of sp³-hybridized carbons (Fsp3) is 0.222. The number of thiol groups is 1. The number of anilines is 3. The lowest BCUT2D eigenvalue weighted by Crippen LogP contribution is -2.27. The lowest BCUT2D eigenvalue weighted by Gasteiger charge is -2.36. The van der Waals surface area contributed by atoms with Crippen molar-refractivity contribution in [3.8, 4) is 0 Å². The average Bonchev–Trinajstić information content (AvgIpc) is 2.90. The molecule has 3 aromatic rings. The highest BCUT2D eigenvalue weighted by molar-refractivity contribution is 8.39. The van der Waals surface area contributed by atoms with Crippen LogP contribution in [0.1, 0.15) is 0 Å². The normalized spacial score (nSPS) is 11.7. The Labute approximate surface area is 240 Å². The minimum absolute atomic E-state index is 0.335. The first-order chi connectivity index (χ1) is 19.2. The van der Waals surface area contributed by atoms with Crippen molar-refractivity contribution in [3.63, 3.8) is 0 Å². The molecule has 0 saturated carbocycles. The topological polar surface area (TPSA) is 158 Å². The molecule has 0 heterocycles. The van der Waals surface area contributed by atoms with E-state index in [1.807, 2.05) is 0 Å². The molecule has 0 aliphatic heterocycles. The number of nitrogens with zero attached hydrogens (tertiary/aromatic N) is 3. The number of nitrogens with one attached hydrogen (secondary N) is 3. The number of carbonyl (C=O) groups excluding carboxylic acids is 3. The summed E-state index contributed by atoms with van der Waals surface area (Å²) >= 11 is 0. The Morgan fingerprint density at radius 2 is 0.732 bits per heavy atom. The summed E-state index contributed by atoms with van der Waals surface area (Å²) < 4.78 is 0. The molecule has 3 rings (SSSR count). The first kappa shape index (κ1) is 31.7. The van der Waals surface area contributed by atoms with Crippen molar-refractivity contribution < 1.29 is 29.1 Å². The highest BCUT2D eigenvalue weighted by Gasteiger charge is 2.32. The van der Waals surface area contributed by atoms with E-state index in [-0.39, 0.29) is 18.1 Å². The van der Waals surface area contributed by atoms with Crippen molar-refractivity contribution in [2.24, 2.45) is 0 Å². The van der Waals surface area contributed by atoms with Gasteiger partial charge in [-0.3, -0.25) is 0 Å². The number of benzene rings is 3. The van der Waals surface area contributed by atoms with Crippen molar-refractivity contribution in [2.75, 3.05) is 58.2 Å². The van der Waals surface area contributed by atoms with Gasteiger partial charge in [0.2, 0.25) is 0 Å². The Morgan fingerprint density at radius 1 is 0.512 bits per heavy atom. The second-order valence-corrected chi connectivity index (χ2v) is 17.1. The summed E-state index contributed by atoms with van der Waals surface area (Å²) in [5.41, 5.74) is 1.44. The molecule has 12 nitrogen and oxygen atoms in total. The first-order valence-corrected chi connectivity index (χ1v) is 16.5. The van der Waals surface area contributed by atoms with E-state index in [9.17, 15) is 29.1 Å². The van der Waals surface area contributed by atoms with Gasteiger partial charge in [-0.05, 0) is 87.5 Å². The SMILES string of the molecule is CN(C)C(=O)Nc1ccc([SH](c2ccc(NC(=O)N(C)C)cc2)(c2ccc(NC(=O)N(C)C)cc2)=P(O)(O)O)cc1. The summed E-state index contributed by atoms with van der Waals surface area (Å²) in [6.07, 6.45) is 0. The van der Waals surface area contributed by atoms with E-state index < -0.39 is 15.9 Å². The van der Waals surface area contributed by atoms with Gasteiger partial charge in [-0.25, -0.2) is 14.4 Å². The van der Waals surface area contributed by atoms with Gasteiger partial charge in [0, 0.05) is 59.3 Å². The third-order valence-corrected chi connectivity index (χ3v) is 14.5. The number of carbonyl (C=O) groups is 3. The summed E-state index contributed by atoms with van der Waals surface area (Å²) in [5.74, 6) is 0. The molecular weight excluding hydrogens is 567 g/mol.